The van der Waals surface area contributed by atoms with E-state index < -0.39 is 0 Å². The van der Waals surface area contributed by atoms with Gasteiger partial charge in [0.05, 0.1) is 6.10 Å². The van der Waals surface area contributed by atoms with E-state index in [2.05, 4.69) is 31.2 Å². The summed E-state index contributed by atoms with van der Waals surface area (Å²) in [6, 6.07) is 8.68. The highest BCUT2D eigenvalue weighted by atomic mass is 16.3. The number of aryl methyl sites for hydroxylation is 1. The van der Waals surface area contributed by atoms with E-state index in [1.54, 1.807) is 0 Å². The Bertz CT molecular complexity index is 387. The maximum Gasteiger partial charge on any atom is 0.0832 e. The Balaban J connectivity index is 1.87. The van der Waals surface area contributed by atoms with Crippen LogP contribution in [0.1, 0.15) is 69.1 Å². The lowest BCUT2D eigenvalue weighted by molar-refractivity contribution is 0.103. The Hall–Kier alpha value is -0.860. The van der Waals surface area contributed by atoms with Crippen molar-refractivity contribution in [3.05, 3.63) is 35.4 Å². The number of hydrogen-bond donors (Lipinski definition) is 2. The predicted octanol–water partition coefficient (Wildman–Crippen LogP) is 3.97. The minimum atomic E-state index is -0.387. The molecule has 0 spiro atoms. The van der Waals surface area contributed by atoms with E-state index in [1.165, 1.54) is 31.2 Å². The molecule has 1 aromatic rings. The van der Waals surface area contributed by atoms with Gasteiger partial charge in [-0.25, -0.2) is 0 Å². The van der Waals surface area contributed by atoms with Crippen LogP contribution in [0.15, 0.2) is 24.3 Å². The van der Waals surface area contributed by atoms with Crippen molar-refractivity contribution in [2.45, 2.75) is 70.4 Å². The van der Waals surface area contributed by atoms with Crippen molar-refractivity contribution in [3.8, 4) is 0 Å². The zero-order chi connectivity index (χ0) is 14.4. The average molecular weight is 275 g/mol. The molecule has 1 fully saturated rings. The standard InChI is InChI=1S/C18H29NO/c1-2-3-4-5-7-14-10-12-15(13-11-14)18(20)16-8-6-9-17(16)19/h10-13,16-18,20H,2-9,19H2,1H3. The van der Waals surface area contributed by atoms with Gasteiger partial charge < -0.3 is 10.8 Å². The topological polar surface area (TPSA) is 46.2 Å². The zero-order valence-corrected chi connectivity index (χ0v) is 12.7. The minimum Gasteiger partial charge on any atom is -0.388 e. The number of benzene rings is 1. The molecule has 2 heteroatoms. The molecule has 2 rings (SSSR count). The average Bonchev–Trinajstić information content (AvgIpc) is 2.90. The van der Waals surface area contributed by atoms with Gasteiger partial charge in [0, 0.05) is 12.0 Å². The molecule has 0 bridgehead atoms. The van der Waals surface area contributed by atoms with Crippen LogP contribution < -0.4 is 5.73 Å². The quantitative estimate of drug-likeness (QED) is 0.740. The Morgan fingerprint density at radius 3 is 2.50 bits per heavy atom. The zero-order valence-electron chi connectivity index (χ0n) is 12.7. The van der Waals surface area contributed by atoms with E-state index >= 15 is 0 Å². The van der Waals surface area contributed by atoms with Crippen molar-refractivity contribution in [2.24, 2.45) is 11.7 Å². The van der Waals surface area contributed by atoms with Gasteiger partial charge in [0.25, 0.3) is 0 Å². The molecular weight excluding hydrogens is 246 g/mol. The summed E-state index contributed by atoms with van der Waals surface area (Å²) in [7, 11) is 0. The molecule has 20 heavy (non-hydrogen) atoms. The molecule has 0 radical (unpaired) electrons. The summed E-state index contributed by atoms with van der Waals surface area (Å²) >= 11 is 0. The second-order valence-electron chi connectivity index (χ2n) is 6.26. The first-order chi connectivity index (χ1) is 9.72. The van der Waals surface area contributed by atoms with Gasteiger partial charge in [-0.05, 0) is 36.8 Å². The first kappa shape index (κ1) is 15.5. The summed E-state index contributed by atoms with van der Waals surface area (Å²) in [5.41, 5.74) is 8.50. The molecule has 0 amide bonds. The molecule has 3 atom stereocenters. The van der Waals surface area contributed by atoms with Crippen LogP contribution in [-0.4, -0.2) is 11.1 Å². The van der Waals surface area contributed by atoms with Gasteiger partial charge >= 0.3 is 0 Å². The van der Waals surface area contributed by atoms with Crippen molar-refractivity contribution in [3.63, 3.8) is 0 Å². The number of rotatable bonds is 7. The predicted molar refractivity (Wildman–Crippen MR) is 84.6 cm³/mol. The van der Waals surface area contributed by atoms with Crippen LogP contribution in [0.3, 0.4) is 0 Å². The SMILES string of the molecule is CCCCCCc1ccc(C(O)C2CCCC2N)cc1. The lowest BCUT2D eigenvalue weighted by Gasteiger charge is -2.22. The van der Waals surface area contributed by atoms with E-state index in [1.807, 2.05) is 0 Å². The fraction of sp³-hybridized carbons (Fsp3) is 0.667. The number of unbranched alkanes of at least 4 members (excludes halogenated alkanes) is 3. The molecule has 0 saturated heterocycles. The molecule has 0 heterocycles. The van der Waals surface area contributed by atoms with E-state index in [0.29, 0.717) is 0 Å². The third-order valence-electron chi connectivity index (χ3n) is 4.67. The van der Waals surface area contributed by atoms with Crippen molar-refractivity contribution >= 4 is 0 Å². The van der Waals surface area contributed by atoms with Crippen LogP contribution >= 0.6 is 0 Å². The minimum absolute atomic E-state index is 0.165. The Morgan fingerprint density at radius 1 is 1.15 bits per heavy atom. The molecular formula is C18H29NO. The molecule has 1 aliphatic carbocycles. The fourth-order valence-corrected chi connectivity index (χ4v) is 3.29. The number of aliphatic hydroxyl groups excluding tert-OH is 1. The highest BCUT2D eigenvalue weighted by molar-refractivity contribution is 5.25. The van der Waals surface area contributed by atoms with Gasteiger partial charge in [0.15, 0.2) is 0 Å². The molecule has 3 unspecified atom stereocenters. The van der Waals surface area contributed by atoms with Crippen molar-refractivity contribution in [1.29, 1.82) is 0 Å². The molecule has 1 aromatic carbocycles. The lowest BCUT2D eigenvalue weighted by Crippen LogP contribution is -2.29. The summed E-state index contributed by atoms with van der Waals surface area (Å²) in [5.74, 6) is 0.241. The van der Waals surface area contributed by atoms with Crippen LogP contribution in [0, 0.1) is 5.92 Å². The smallest absolute Gasteiger partial charge is 0.0832 e. The number of nitrogens with two attached hydrogens (primary N) is 1. The van der Waals surface area contributed by atoms with Crippen LogP contribution in [0.25, 0.3) is 0 Å². The molecule has 0 aromatic heterocycles. The van der Waals surface area contributed by atoms with E-state index in [4.69, 9.17) is 5.73 Å². The van der Waals surface area contributed by atoms with Crippen LogP contribution in [-0.2, 0) is 6.42 Å². The third kappa shape index (κ3) is 4.07. The van der Waals surface area contributed by atoms with E-state index in [9.17, 15) is 5.11 Å². The highest BCUT2D eigenvalue weighted by Gasteiger charge is 2.30. The fourth-order valence-electron chi connectivity index (χ4n) is 3.29. The van der Waals surface area contributed by atoms with Gasteiger partial charge in [-0.2, -0.15) is 0 Å². The molecule has 1 aliphatic rings. The van der Waals surface area contributed by atoms with Crippen molar-refractivity contribution in [1.82, 2.24) is 0 Å². The Morgan fingerprint density at radius 2 is 1.90 bits per heavy atom. The number of aliphatic hydroxyl groups is 1. The second-order valence-corrected chi connectivity index (χ2v) is 6.26. The van der Waals surface area contributed by atoms with E-state index in [-0.39, 0.29) is 18.1 Å². The normalized spacial score (nSPS) is 23.9. The third-order valence-corrected chi connectivity index (χ3v) is 4.67. The van der Waals surface area contributed by atoms with Gasteiger partial charge in [0.2, 0.25) is 0 Å². The first-order valence-corrected chi connectivity index (χ1v) is 8.25. The summed E-state index contributed by atoms with van der Waals surface area (Å²) in [6.45, 7) is 2.24. The lowest BCUT2D eigenvalue weighted by atomic mass is 9.91. The summed E-state index contributed by atoms with van der Waals surface area (Å²) in [4.78, 5) is 0. The van der Waals surface area contributed by atoms with Crippen LogP contribution in [0.5, 0.6) is 0 Å². The maximum absolute atomic E-state index is 10.4. The molecule has 112 valence electrons. The highest BCUT2D eigenvalue weighted by Crippen LogP contribution is 2.35. The van der Waals surface area contributed by atoms with Crippen LogP contribution in [0.2, 0.25) is 0 Å². The van der Waals surface area contributed by atoms with E-state index in [0.717, 1.165) is 31.2 Å². The van der Waals surface area contributed by atoms with Gasteiger partial charge in [-0.1, -0.05) is 56.9 Å². The Labute approximate surface area is 123 Å². The van der Waals surface area contributed by atoms with Gasteiger partial charge in [-0.3, -0.25) is 0 Å². The van der Waals surface area contributed by atoms with Crippen molar-refractivity contribution < 1.29 is 5.11 Å². The van der Waals surface area contributed by atoms with Crippen molar-refractivity contribution in [2.75, 3.05) is 0 Å². The van der Waals surface area contributed by atoms with Crippen LogP contribution in [0.4, 0.5) is 0 Å². The monoisotopic (exact) mass is 275 g/mol. The molecule has 2 nitrogen and oxygen atoms in total. The molecule has 1 saturated carbocycles. The summed E-state index contributed by atoms with van der Waals surface area (Å²) in [5, 5.41) is 10.4. The summed E-state index contributed by atoms with van der Waals surface area (Å²) < 4.78 is 0. The Kier molecular flexibility index (Phi) is 6.06. The second kappa shape index (κ2) is 7.80. The number of hydrogen-bond acceptors (Lipinski definition) is 2. The van der Waals surface area contributed by atoms with Gasteiger partial charge in [0.1, 0.15) is 0 Å². The first-order valence-electron chi connectivity index (χ1n) is 8.25. The largest absolute Gasteiger partial charge is 0.388 e. The molecule has 3 N–H and O–H groups in total. The maximum atomic E-state index is 10.4. The summed E-state index contributed by atoms with van der Waals surface area (Å²) in [6.07, 6.45) is 9.22. The van der Waals surface area contributed by atoms with Gasteiger partial charge in [-0.15, -0.1) is 0 Å². The molecule has 0 aliphatic heterocycles.